The summed E-state index contributed by atoms with van der Waals surface area (Å²) in [5.74, 6) is 0.561. The number of ether oxygens (including phenoxy) is 2. The number of hydrogen-bond donors (Lipinski definition) is 5. The molecule has 27 heavy (non-hydrogen) atoms. The number of hydrogen-bond acceptors (Lipinski definition) is 7. The van der Waals surface area contributed by atoms with Gasteiger partial charge < -0.3 is 47.4 Å². The van der Waals surface area contributed by atoms with Gasteiger partial charge in [-0.15, -0.1) is 0 Å². The molecular formula is C18H27ClO7S. The Kier molecular flexibility index (Phi) is 8.35. The molecule has 2 heterocycles. The van der Waals surface area contributed by atoms with Crippen LogP contribution in [0.4, 0.5) is 0 Å². The van der Waals surface area contributed by atoms with Crippen LogP contribution in [0.5, 0.6) is 0 Å². The molecule has 8 atom stereocenters. The summed E-state index contributed by atoms with van der Waals surface area (Å²) in [5, 5.41) is 49.6. The summed E-state index contributed by atoms with van der Waals surface area (Å²) < 4.78 is 11.4. The summed E-state index contributed by atoms with van der Waals surface area (Å²) in [7, 11) is -0.563. The molecule has 1 aromatic rings. The molecule has 2 unspecified atom stereocenters. The fraction of sp³-hybridized carbons (Fsp3) is 0.667. The van der Waals surface area contributed by atoms with Crippen molar-refractivity contribution in [3.8, 4) is 0 Å². The standard InChI is InChI=1S/C18H27O7S.ClH/c1-10-2-4-11(5-3-10)18-24-7-12(20)17(25-18)14(22)9-26-8-13(21)16(23)15(26)6-19;/h2-5,12-23H,6-9H2,1H3;1H/q+1;/p-1/t12-,13-,14-,15-,16+,17+,18?,26?;/m1./s1. The predicted molar refractivity (Wildman–Crippen MR) is 96.7 cm³/mol. The number of halogens is 1. The van der Waals surface area contributed by atoms with Gasteiger partial charge >= 0.3 is 0 Å². The van der Waals surface area contributed by atoms with Crippen molar-refractivity contribution < 1.29 is 47.4 Å². The highest BCUT2D eigenvalue weighted by Crippen LogP contribution is 2.30. The van der Waals surface area contributed by atoms with Gasteiger partial charge in [0.25, 0.3) is 0 Å². The van der Waals surface area contributed by atoms with E-state index in [1.807, 2.05) is 31.2 Å². The lowest BCUT2D eigenvalue weighted by Crippen LogP contribution is -3.00. The van der Waals surface area contributed by atoms with Crippen LogP contribution < -0.4 is 12.4 Å². The van der Waals surface area contributed by atoms with Gasteiger partial charge in [-0.1, -0.05) is 29.8 Å². The second-order valence-corrected chi connectivity index (χ2v) is 9.31. The number of aryl methyl sites for hydroxylation is 1. The van der Waals surface area contributed by atoms with Crippen LogP contribution in [0.15, 0.2) is 24.3 Å². The lowest BCUT2D eigenvalue weighted by molar-refractivity contribution is -0.273. The van der Waals surface area contributed by atoms with E-state index in [0.29, 0.717) is 5.75 Å². The van der Waals surface area contributed by atoms with E-state index in [0.717, 1.165) is 11.1 Å². The van der Waals surface area contributed by atoms with E-state index < -0.39 is 53.0 Å². The van der Waals surface area contributed by atoms with Crippen LogP contribution in [0.2, 0.25) is 0 Å². The average Bonchev–Trinajstić information content (AvgIpc) is 2.89. The van der Waals surface area contributed by atoms with Gasteiger partial charge in [-0.3, -0.25) is 0 Å². The third kappa shape index (κ3) is 5.14. The maximum Gasteiger partial charge on any atom is 0.184 e. The largest absolute Gasteiger partial charge is 1.00 e. The quantitative estimate of drug-likeness (QED) is 0.306. The maximum atomic E-state index is 10.6. The molecular weight excluding hydrogens is 396 g/mol. The van der Waals surface area contributed by atoms with Crippen LogP contribution in [0, 0.1) is 6.92 Å². The molecule has 7 nitrogen and oxygen atoms in total. The van der Waals surface area contributed by atoms with Gasteiger partial charge in [0.15, 0.2) is 11.5 Å². The summed E-state index contributed by atoms with van der Waals surface area (Å²) in [6.45, 7) is 1.77. The Bertz CT molecular complexity index is 590. The molecule has 0 bridgehead atoms. The van der Waals surface area contributed by atoms with Gasteiger partial charge in [-0.2, -0.15) is 0 Å². The van der Waals surface area contributed by atoms with E-state index in [2.05, 4.69) is 0 Å². The lowest BCUT2D eigenvalue weighted by Gasteiger charge is -2.36. The second kappa shape index (κ2) is 9.87. The summed E-state index contributed by atoms with van der Waals surface area (Å²) >= 11 is 0. The van der Waals surface area contributed by atoms with Gasteiger partial charge in [-0.25, -0.2) is 0 Å². The molecule has 5 N–H and O–H groups in total. The normalized spacial score (nSPS) is 37.6. The van der Waals surface area contributed by atoms with E-state index in [9.17, 15) is 25.5 Å². The van der Waals surface area contributed by atoms with Crippen LogP contribution in [0.3, 0.4) is 0 Å². The van der Waals surface area contributed by atoms with E-state index >= 15 is 0 Å². The zero-order valence-corrected chi connectivity index (χ0v) is 16.6. The summed E-state index contributed by atoms with van der Waals surface area (Å²) in [4.78, 5) is 0. The molecule has 0 radical (unpaired) electrons. The first-order valence-electron chi connectivity index (χ1n) is 8.73. The number of rotatable bonds is 5. The lowest BCUT2D eigenvalue weighted by atomic mass is 10.1. The van der Waals surface area contributed by atoms with Crippen molar-refractivity contribution in [1.82, 2.24) is 0 Å². The molecule has 0 amide bonds. The van der Waals surface area contributed by atoms with Crippen molar-refractivity contribution in [1.29, 1.82) is 0 Å². The zero-order valence-electron chi connectivity index (χ0n) is 15.0. The summed E-state index contributed by atoms with van der Waals surface area (Å²) in [6, 6.07) is 7.64. The first-order chi connectivity index (χ1) is 12.4. The minimum Gasteiger partial charge on any atom is -1.00 e. The molecule has 0 aliphatic carbocycles. The monoisotopic (exact) mass is 422 g/mol. The highest BCUT2D eigenvalue weighted by Gasteiger charge is 2.51. The minimum absolute atomic E-state index is 0. The second-order valence-electron chi connectivity index (χ2n) is 6.96. The smallest absolute Gasteiger partial charge is 0.184 e. The molecule has 2 fully saturated rings. The zero-order chi connectivity index (χ0) is 18.8. The van der Waals surface area contributed by atoms with E-state index in [1.54, 1.807) is 0 Å². The first kappa shape index (κ1) is 22.9. The Morgan fingerprint density at radius 1 is 1.15 bits per heavy atom. The molecule has 9 heteroatoms. The number of benzene rings is 1. The van der Waals surface area contributed by atoms with Gasteiger partial charge in [0.1, 0.15) is 42.0 Å². The van der Waals surface area contributed by atoms with E-state index in [-0.39, 0.29) is 31.4 Å². The van der Waals surface area contributed by atoms with Crippen molar-refractivity contribution in [3.63, 3.8) is 0 Å². The fourth-order valence-corrected chi connectivity index (χ4v) is 6.09. The third-order valence-corrected chi connectivity index (χ3v) is 7.78. The third-order valence-electron chi connectivity index (χ3n) is 4.96. The van der Waals surface area contributed by atoms with Crippen LogP contribution in [-0.2, 0) is 20.4 Å². The van der Waals surface area contributed by atoms with Gasteiger partial charge in [0.05, 0.1) is 13.2 Å². The van der Waals surface area contributed by atoms with Crippen LogP contribution in [0.1, 0.15) is 17.4 Å². The van der Waals surface area contributed by atoms with Crippen LogP contribution in [-0.4, -0.2) is 86.0 Å². The molecule has 0 saturated carbocycles. The SMILES string of the molecule is Cc1ccc(C2OC[C@@H](O)[C@@H]([C@H](O)C[S+]3C[C@@H](O)[C@H](O)[C@H]3CO)O2)cc1.[Cl-]. The highest BCUT2D eigenvalue weighted by atomic mass is 35.5. The van der Waals surface area contributed by atoms with Gasteiger partial charge in [-0.05, 0) is 6.92 Å². The fourth-order valence-electron chi connectivity index (χ4n) is 3.40. The van der Waals surface area contributed by atoms with Crippen molar-refractivity contribution in [2.45, 2.75) is 49.0 Å². The molecule has 3 rings (SSSR count). The highest BCUT2D eigenvalue weighted by molar-refractivity contribution is 7.97. The number of aliphatic hydroxyl groups is 5. The molecule has 2 aliphatic heterocycles. The Hall–Kier alpha value is -0.420. The number of aliphatic hydroxyl groups excluding tert-OH is 5. The van der Waals surface area contributed by atoms with E-state index in [1.165, 1.54) is 0 Å². The Labute approximate surface area is 167 Å². The minimum atomic E-state index is -0.989. The summed E-state index contributed by atoms with van der Waals surface area (Å²) in [5.41, 5.74) is 1.91. The van der Waals surface area contributed by atoms with E-state index in [4.69, 9.17) is 9.47 Å². The van der Waals surface area contributed by atoms with Crippen molar-refractivity contribution in [3.05, 3.63) is 35.4 Å². The van der Waals surface area contributed by atoms with Crippen molar-refractivity contribution in [2.24, 2.45) is 0 Å². The Balaban J connectivity index is 0.00000261. The molecule has 1 aromatic carbocycles. The Morgan fingerprint density at radius 2 is 1.81 bits per heavy atom. The van der Waals surface area contributed by atoms with Gasteiger partial charge in [0, 0.05) is 16.5 Å². The molecule has 0 aromatic heterocycles. The summed E-state index contributed by atoms with van der Waals surface area (Å²) in [6.07, 6.45) is -5.36. The topological polar surface area (TPSA) is 120 Å². The van der Waals surface area contributed by atoms with Crippen molar-refractivity contribution in [2.75, 3.05) is 24.7 Å². The predicted octanol–water partition coefficient (Wildman–Crippen LogP) is -4.15. The molecule has 154 valence electrons. The van der Waals surface area contributed by atoms with Crippen LogP contribution in [0.25, 0.3) is 0 Å². The molecule has 0 spiro atoms. The molecule has 2 saturated heterocycles. The maximum absolute atomic E-state index is 10.6. The average molecular weight is 423 g/mol. The van der Waals surface area contributed by atoms with Gasteiger partial charge in [0.2, 0.25) is 0 Å². The molecule has 2 aliphatic rings. The Morgan fingerprint density at radius 3 is 2.44 bits per heavy atom. The van der Waals surface area contributed by atoms with Crippen molar-refractivity contribution >= 4 is 10.9 Å². The van der Waals surface area contributed by atoms with Crippen LogP contribution >= 0.6 is 0 Å². The first-order valence-corrected chi connectivity index (χ1v) is 10.4.